The summed E-state index contributed by atoms with van der Waals surface area (Å²) in [5.74, 6) is -0.236. The number of halogens is 3. The number of carbonyl (C=O) groups excluding carboxylic acids is 2. The van der Waals surface area contributed by atoms with Gasteiger partial charge in [0.15, 0.2) is 17.6 Å². The van der Waals surface area contributed by atoms with E-state index in [-0.39, 0.29) is 18.9 Å². The summed E-state index contributed by atoms with van der Waals surface area (Å²) in [7, 11) is 0. The summed E-state index contributed by atoms with van der Waals surface area (Å²) in [6.07, 6.45) is -5.62. The summed E-state index contributed by atoms with van der Waals surface area (Å²) >= 11 is 0. The molecule has 3 rings (SSSR count). The van der Waals surface area contributed by atoms with Gasteiger partial charge in [-0.2, -0.15) is 13.2 Å². The highest BCUT2D eigenvalue weighted by atomic mass is 19.4. The van der Waals surface area contributed by atoms with Crippen molar-refractivity contribution >= 4 is 11.9 Å². The monoisotopic (exact) mass is 395 g/mol. The molecule has 0 radical (unpaired) electrons. The average Bonchev–Trinajstić information content (AvgIpc) is 3.13. The topological polar surface area (TPSA) is 73.9 Å². The maximum Gasteiger partial charge on any atom is 0.416 e. The largest absolute Gasteiger partial charge is 0.454 e. The fraction of sp³-hybridized carbons (Fsp3) is 0.263. The van der Waals surface area contributed by atoms with E-state index in [0.29, 0.717) is 11.5 Å². The number of hydrogen-bond acceptors (Lipinski definition) is 5. The summed E-state index contributed by atoms with van der Waals surface area (Å²) < 4.78 is 53.1. The molecule has 1 N–H and O–H groups in total. The van der Waals surface area contributed by atoms with Crippen LogP contribution in [0, 0.1) is 0 Å². The number of alkyl halides is 3. The van der Waals surface area contributed by atoms with Gasteiger partial charge in [-0.05, 0) is 48.9 Å². The van der Waals surface area contributed by atoms with E-state index in [1.165, 1.54) is 6.92 Å². The van der Waals surface area contributed by atoms with Gasteiger partial charge in [-0.3, -0.25) is 4.79 Å². The van der Waals surface area contributed by atoms with Crippen molar-refractivity contribution in [2.24, 2.45) is 0 Å². The van der Waals surface area contributed by atoms with Crippen molar-refractivity contribution in [3.63, 3.8) is 0 Å². The van der Waals surface area contributed by atoms with Gasteiger partial charge < -0.3 is 19.5 Å². The van der Waals surface area contributed by atoms with Gasteiger partial charge in [-0.15, -0.1) is 0 Å². The first-order valence-corrected chi connectivity index (χ1v) is 8.28. The molecule has 0 aliphatic carbocycles. The molecule has 1 aliphatic heterocycles. The van der Waals surface area contributed by atoms with Gasteiger partial charge in [-0.25, -0.2) is 4.79 Å². The molecule has 0 aromatic heterocycles. The minimum atomic E-state index is -4.50. The van der Waals surface area contributed by atoms with Gasteiger partial charge in [0.05, 0.1) is 11.1 Å². The maximum absolute atomic E-state index is 12.6. The summed E-state index contributed by atoms with van der Waals surface area (Å²) in [6.45, 7) is 1.69. The number of hydrogen-bond donors (Lipinski definition) is 1. The third-order valence-electron chi connectivity index (χ3n) is 4.00. The molecular weight excluding hydrogens is 379 g/mol. The summed E-state index contributed by atoms with van der Waals surface area (Å²) in [6, 6.07) is 8.76. The fourth-order valence-electron chi connectivity index (χ4n) is 2.46. The molecule has 0 saturated heterocycles. The molecule has 0 fully saturated rings. The SMILES string of the molecule is C[C@@H](OC(=O)c1ccc(C(F)(F)F)cc1)C(=O)NCc1ccc2c(c1)OCO2. The Morgan fingerprint density at radius 3 is 2.46 bits per heavy atom. The third kappa shape index (κ3) is 4.54. The van der Waals surface area contributed by atoms with E-state index in [9.17, 15) is 22.8 Å². The molecule has 0 bridgehead atoms. The van der Waals surface area contributed by atoms with E-state index in [2.05, 4.69) is 5.32 Å². The molecule has 6 nitrogen and oxygen atoms in total. The van der Waals surface area contributed by atoms with Gasteiger partial charge in [-0.1, -0.05) is 6.07 Å². The minimum Gasteiger partial charge on any atom is -0.454 e. The Labute approximate surface area is 158 Å². The number of nitrogens with one attached hydrogen (secondary N) is 1. The number of benzene rings is 2. The first-order chi connectivity index (χ1) is 13.2. The Morgan fingerprint density at radius 1 is 1.11 bits per heavy atom. The molecule has 1 amide bonds. The Hall–Kier alpha value is -3.23. The molecular formula is C19H16F3NO5. The number of ether oxygens (including phenoxy) is 3. The molecule has 0 saturated carbocycles. The lowest BCUT2D eigenvalue weighted by molar-refractivity contribution is -0.137. The summed E-state index contributed by atoms with van der Waals surface area (Å²) in [4.78, 5) is 24.1. The highest BCUT2D eigenvalue weighted by Gasteiger charge is 2.30. The van der Waals surface area contributed by atoms with Gasteiger partial charge in [0.25, 0.3) is 5.91 Å². The normalized spacial score (nSPS) is 13.7. The summed E-state index contributed by atoms with van der Waals surface area (Å²) in [5.41, 5.74) is -0.194. The first-order valence-electron chi connectivity index (χ1n) is 8.28. The van der Waals surface area contributed by atoms with Gasteiger partial charge in [0.2, 0.25) is 6.79 Å². The zero-order chi connectivity index (χ0) is 20.3. The lowest BCUT2D eigenvalue weighted by atomic mass is 10.1. The number of amides is 1. The number of rotatable bonds is 5. The zero-order valence-electron chi connectivity index (χ0n) is 14.7. The maximum atomic E-state index is 12.6. The van der Waals surface area contributed by atoms with Gasteiger partial charge >= 0.3 is 12.1 Å². The second-order valence-corrected chi connectivity index (χ2v) is 6.03. The van der Waals surface area contributed by atoms with Crippen LogP contribution < -0.4 is 14.8 Å². The van der Waals surface area contributed by atoms with E-state index >= 15 is 0 Å². The molecule has 1 heterocycles. The average molecular weight is 395 g/mol. The predicted molar refractivity (Wildman–Crippen MR) is 90.7 cm³/mol. The van der Waals surface area contributed by atoms with E-state index in [1.54, 1.807) is 18.2 Å². The highest BCUT2D eigenvalue weighted by molar-refractivity contribution is 5.92. The van der Waals surface area contributed by atoms with Crippen molar-refractivity contribution in [3.8, 4) is 11.5 Å². The Balaban J connectivity index is 1.52. The molecule has 148 valence electrons. The summed E-state index contributed by atoms with van der Waals surface area (Å²) in [5, 5.41) is 2.61. The van der Waals surface area contributed by atoms with E-state index in [4.69, 9.17) is 14.2 Å². The van der Waals surface area contributed by atoms with Gasteiger partial charge in [0, 0.05) is 6.54 Å². The Morgan fingerprint density at radius 2 is 1.79 bits per heavy atom. The molecule has 0 spiro atoms. The molecule has 9 heteroatoms. The van der Waals surface area contributed by atoms with Crippen LogP contribution in [0.15, 0.2) is 42.5 Å². The highest BCUT2D eigenvalue weighted by Crippen LogP contribution is 2.32. The van der Waals surface area contributed by atoms with Crippen LogP contribution in [0.5, 0.6) is 11.5 Å². The quantitative estimate of drug-likeness (QED) is 0.787. The molecule has 0 unspecified atom stereocenters. The second-order valence-electron chi connectivity index (χ2n) is 6.03. The van der Waals surface area contributed by atoms with E-state index in [0.717, 1.165) is 29.8 Å². The molecule has 2 aromatic rings. The zero-order valence-corrected chi connectivity index (χ0v) is 14.7. The van der Waals surface area contributed by atoms with E-state index in [1.807, 2.05) is 0 Å². The van der Waals surface area contributed by atoms with Crippen molar-refractivity contribution in [2.75, 3.05) is 6.79 Å². The number of fused-ring (bicyclic) bond motifs is 1. The molecule has 1 aliphatic rings. The van der Waals surface area contributed by atoms with Crippen LogP contribution in [0.3, 0.4) is 0 Å². The predicted octanol–water partition coefficient (Wildman–Crippen LogP) is 3.30. The van der Waals surface area contributed by atoms with Crippen LogP contribution in [0.2, 0.25) is 0 Å². The van der Waals surface area contributed by atoms with Crippen molar-refractivity contribution in [1.29, 1.82) is 0 Å². The Bertz CT molecular complexity index is 880. The van der Waals surface area contributed by atoms with Crippen molar-refractivity contribution < 1.29 is 37.0 Å². The third-order valence-corrected chi connectivity index (χ3v) is 4.00. The number of carbonyl (C=O) groups is 2. The second kappa shape index (κ2) is 7.79. The lowest BCUT2D eigenvalue weighted by Crippen LogP contribution is -2.35. The van der Waals surface area contributed by atoms with Crippen LogP contribution >= 0.6 is 0 Å². The van der Waals surface area contributed by atoms with Crippen molar-refractivity contribution in [1.82, 2.24) is 5.32 Å². The van der Waals surface area contributed by atoms with Crippen LogP contribution in [0.4, 0.5) is 13.2 Å². The fourth-order valence-corrected chi connectivity index (χ4v) is 2.46. The van der Waals surface area contributed by atoms with Crippen molar-refractivity contribution in [3.05, 3.63) is 59.2 Å². The van der Waals surface area contributed by atoms with E-state index < -0.39 is 29.7 Å². The smallest absolute Gasteiger partial charge is 0.416 e. The lowest BCUT2D eigenvalue weighted by Gasteiger charge is -2.14. The van der Waals surface area contributed by atoms with Crippen LogP contribution in [-0.4, -0.2) is 24.8 Å². The van der Waals surface area contributed by atoms with Crippen LogP contribution in [0.1, 0.15) is 28.4 Å². The van der Waals surface area contributed by atoms with Gasteiger partial charge in [0.1, 0.15) is 0 Å². The Kier molecular flexibility index (Phi) is 5.43. The minimum absolute atomic E-state index is 0.0802. The van der Waals surface area contributed by atoms with Crippen molar-refractivity contribution in [2.45, 2.75) is 25.7 Å². The molecule has 1 atom stereocenters. The van der Waals surface area contributed by atoms with Crippen LogP contribution in [0.25, 0.3) is 0 Å². The molecule has 2 aromatic carbocycles. The molecule has 28 heavy (non-hydrogen) atoms. The standard InChI is InChI=1S/C19H16F3NO5/c1-11(28-18(25)13-3-5-14(6-4-13)19(20,21)22)17(24)23-9-12-2-7-15-16(8-12)27-10-26-15/h2-8,11H,9-10H2,1H3,(H,23,24)/t11-/m1/s1. The number of esters is 1. The van der Waals surface area contributed by atoms with Crippen LogP contribution in [-0.2, 0) is 22.3 Å². The first kappa shape index (κ1) is 19.5.